The first-order valence-corrected chi connectivity index (χ1v) is 10.7. The minimum Gasteiger partial charge on any atom is -0.486 e. The van der Waals surface area contributed by atoms with Gasteiger partial charge < -0.3 is 19.2 Å². The highest BCUT2D eigenvalue weighted by atomic mass is 16.6. The van der Waals surface area contributed by atoms with Crippen LogP contribution in [0.2, 0.25) is 0 Å². The molecule has 0 saturated heterocycles. The van der Waals surface area contributed by atoms with Gasteiger partial charge in [0.05, 0.1) is 0 Å². The van der Waals surface area contributed by atoms with Gasteiger partial charge in [-0.05, 0) is 66.4 Å². The van der Waals surface area contributed by atoms with Crippen LogP contribution in [0.4, 0.5) is 5.69 Å². The summed E-state index contributed by atoms with van der Waals surface area (Å²) < 4.78 is 17.1. The van der Waals surface area contributed by atoms with Crippen LogP contribution in [0.3, 0.4) is 0 Å². The predicted molar refractivity (Wildman–Crippen MR) is 124 cm³/mol. The van der Waals surface area contributed by atoms with Crippen molar-refractivity contribution < 1.29 is 18.7 Å². The molecule has 0 saturated carbocycles. The number of hydrogen-bond acceptors (Lipinski definition) is 5. The summed E-state index contributed by atoms with van der Waals surface area (Å²) in [4.78, 5) is 17.6. The molecule has 6 nitrogen and oxygen atoms in total. The Labute approximate surface area is 186 Å². The predicted octanol–water partition coefficient (Wildman–Crippen LogP) is 5.95. The molecule has 0 fully saturated rings. The summed E-state index contributed by atoms with van der Waals surface area (Å²) in [5, 5.41) is 3.00. The molecule has 0 aliphatic carbocycles. The number of carbonyl (C=O) groups excluding carboxylic acids is 1. The molecular weight excluding hydrogens is 404 g/mol. The summed E-state index contributed by atoms with van der Waals surface area (Å²) in [6.07, 6.45) is 0. The van der Waals surface area contributed by atoms with Crippen molar-refractivity contribution in [3.05, 3.63) is 71.3 Å². The molecular formula is C26H24N2O4. The number of ether oxygens (including phenoxy) is 2. The van der Waals surface area contributed by atoms with Gasteiger partial charge in [0, 0.05) is 16.8 Å². The topological polar surface area (TPSA) is 73.6 Å². The normalized spacial score (nSPS) is 12.9. The Hall–Kier alpha value is -3.80. The van der Waals surface area contributed by atoms with E-state index < -0.39 is 0 Å². The zero-order valence-electron chi connectivity index (χ0n) is 18.3. The van der Waals surface area contributed by atoms with Gasteiger partial charge in [0.15, 0.2) is 17.1 Å². The molecule has 1 N–H and O–H groups in total. The highest BCUT2D eigenvalue weighted by molar-refractivity contribution is 6.05. The summed E-state index contributed by atoms with van der Waals surface area (Å²) in [6.45, 7) is 7.24. The molecule has 0 radical (unpaired) electrons. The van der Waals surface area contributed by atoms with Crippen LogP contribution >= 0.6 is 0 Å². The Bertz CT molecular complexity index is 1320. The van der Waals surface area contributed by atoms with Crippen LogP contribution in [0.5, 0.6) is 11.5 Å². The van der Waals surface area contributed by atoms with Crippen molar-refractivity contribution >= 4 is 22.7 Å². The summed E-state index contributed by atoms with van der Waals surface area (Å²) in [7, 11) is 0. The van der Waals surface area contributed by atoms with Gasteiger partial charge in [0.25, 0.3) is 5.91 Å². The van der Waals surface area contributed by atoms with E-state index >= 15 is 0 Å². The number of anilines is 1. The molecule has 1 aliphatic heterocycles. The van der Waals surface area contributed by atoms with Crippen LogP contribution in [0, 0.1) is 6.92 Å². The molecule has 0 bridgehead atoms. The second-order valence-corrected chi connectivity index (χ2v) is 8.24. The first kappa shape index (κ1) is 20.1. The Morgan fingerprint density at radius 3 is 2.59 bits per heavy atom. The summed E-state index contributed by atoms with van der Waals surface area (Å²) in [5.74, 6) is 1.96. The number of aromatic nitrogens is 1. The third-order valence-corrected chi connectivity index (χ3v) is 5.62. The van der Waals surface area contributed by atoms with E-state index in [-0.39, 0.29) is 5.91 Å². The fraction of sp³-hybridized carbons (Fsp3) is 0.231. The highest BCUT2D eigenvalue weighted by Crippen LogP contribution is 2.32. The smallest absolute Gasteiger partial charge is 0.255 e. The number of rotatable bonds is 4. The average molecular weight is 428 g/mol. The van der Waals surface area contributed by atoms with E-state index in [1.54, 1.807) is 18.2 Å². The number of carbonyl (C=O) groups is 1. The maximum absolute atomic E-state index is 12.9. The van der Waals surface area contributed by atoms with Gasteiger partial charge in [-0.2, -0.15) is 0 Å². The van der Waals surface area contributed by atoms with Gasteiger partial charge in [0.2, 0.25) is 5.89 Å². The number of aryl methyl sites for hydroxylation is 1. The maximum Gasteiger partial charge on any atom is 0.255 e. The van der Waals surface area contributed by atoms with E-state index in [1.807, 2.05) is 31.2 Å². The van der Waals surface area contributed by atoms with Crippen molar-refractivity contribution in [1.29, 1.82) is 0 Å². The van der Waals surface area contributed by atoms with E-state index in [4.69, 9.17) is 13.9 Å². The maximum atomic E-state index is 12.9. The first-order valence-electron chi connectivity index (χ1n) is 10.7. The molecule has 162 valence electrons. The number of amides is 1. The fourth-order valence-corrected chi connectivity index (χ4v) is 3.70. The number of nitrogens with one attached hydrogen (secondary N) is 1. The first-order chi connectivity index (χ1) is 15.5. The molecule has 32 heavy (non-hydrogen) atoms. The van der Waals surface area contributed by atoms with E-state index in [0.717, 1.165) is 22.2 Å². The lowest BCUT2D eigenvalue weighted by atomic mass is 10.0. The number of oxazole rings is 1. The summed E-state index contributed by atoms with van der Waals surface area (Å²) in [5.41, 5.74) is 5.73. The van der Waals surface area contributed by atoms with Crippen molar-refractivity contribution in [2.45, 2.75) is 26.7 Å². The van der Waals surface area contributed by atoms with Crippen LogP contribution in [-0.2, 0) is 0 Å². The Morgan fingerprint density at radius 1 is 0.969 bits per heavy atom. The van der Waals surface area contributed by atoms with Gasteiger partial charge in [-0.15, -0.1) is 0 Å². The molecule has 0 atom stereocenters. The van der Waals surface area contributed by atoms with E-state index in [2.05, 4.69) is 36.3 Å². The van der Waals surface area contributed by atoms with Crippen molar-refractivity contribution in [3.63, 3.8) is 0 Å². The van der Waals surface area contributed by atoms with Crippen LogP contribution in [0.25, 0.3) is 22.6 Å². The van der Waals surface area contributed by atoms with Crippen LogP contribution in [-0.4, -0.2) is 24.1 Å². The minimum atomic E-state index is -0.221. The third-order valence-electron chi connectivity index (χ3n) is 5.62. The van der Waals surface area contributed by atoms with E-state index in [1.165, 1.54) is 5.56 Å². The fourth-order valence-electron chi connectivity index (χ4n) is 3.70. The molecule has 2 heterocycles. The van der Waals surface area contributed by atoms with Crippen molar-refractivity contribution in [2.75, 3.05) is 18.5 Å². The van der Waals surface area contributed by atoms with Crippen molar-refractivity contribution in [1.82, 2.24) is 4.98 Å². The monoisotopic (exact) mass is 428 g/mol. The number of fused-ring (bicyclic) bond motifs is 2. The Morgan fingerprint density at radius 2 is 1.78 bits per heavy atom. The SMILES string of the molecule is Cc1ccc(-c2nc3cc(C(C)C)ccc3o2)cc1NC(=O)c1ccc2c(c1)OCCO2. The third kappa shape index (κ3) is 3.80. The van der Waals surface area contributed by atoms with Crippen molar-refractivity contribution in [3.8, 4) is 23.0 Å². The highest BCUT2D eigenvalue weighted by Gasteiger charge is 2.17. The van der Waals surface area contributed by atoms with Crippen LogP contribution in [0.1, 0.15) is 41.3 Å². The largest absolute Gasteiger partial charge is 0.486 e. The van der Waals surface area contributed by atoms with Gasteiger partial charge in [-0.25, -0.2) is 4.98 Å². The second-order valence-electron chi connectivity index (χ2n) is 8.24. The standard InChI is InChI=1S/C26H24N2O4/c1-15(2)17-6-8-22-21(12-17)28-26(32-22)19-5-4-16(3)20(13-19)27-25(29)18-7-9-23-24(14-18)31-11-10-30-23/h4-9,12-15H,10-11H2,1-3H3,(H,27,29). The average Bonchev–Trinajstić information content (AvgIpc) is 3.23. The molecule has 0 unspecified atom stereocenters. The lowest BCUT2D eigenvalue weighted by molar-refractivity contribution is 0.102. The number of hydrogen-bond donors (Lipinski definition) is 1. The van der Waals surface area contributed by atoms with Gasteiger partial charge in [-0.1, -0.05) is 26.0 Å². The van der Waals surface area contributed by atoms with Gasteiger partial charge in [0.1, 0.15) is 18.7 Å². The van der Waals surface area contributed by atoms with Crippen molar-refractivity contribution in [2.24, 2.45) is 0 Å². The van der Waals surface area contributed by atoms with Crippen LogP contribution in [0.15, 0.2) is 59.0 Å². The molecule has 5 rings (SSSR count). The quantitative estimate of drug-likeness (QED) is 0.435. The minimum absolute atomic E-state index is 0.221. The molecule has 1 amide bonds. The number of benzene rings is 3. The second kappa shape index (κ2) is 8.04. The number of nitrogens with zero attached hydrogens (tertiary/aromatic N) is 1. The van der Waals surface area contributed by atoms with Gasteiger partial charge >= 0.3 is 0 Å². The molecule has 1 aromatic heterocycles. The van der Waals surface area contributed by atoms with Gasteiger partial charge in [-0.3, -0.25) is 4.79 Å². The Balaban J connectivity index is 1.43. The molecule has 3 aromatic carbocycles. The molecule has 6 heteroatoms. The molecule has 1 aliphatic rings. The molecule has 4 aromatic rings. The lowest BCUT2D eigenvalue weighted by Crippen LogP contribution is -2.17. The van der Waals surface area contributed by atoms with E-state index in [9.17, 15) is 4.79 Å². The zero-order valence-corrected chi connectivity index (χ0v) is 18.3. The summed E-state index contributed by atoms with van der Waals surface area (Å²) in [6, 6.07) is 17.1. The molecule has 0 spiro atoms. The summed E-state index contributed by atoms with van der Waals surface area (Å²) >= 11 is 0. The Kier molecular flexibility index (Phi) is 5.05. The van der Waals surface area contributed by atoms with Crippen LogP contribution < -0.4 is 14.8 Å². The zero-order chi connectivity index (χ0) is 22.2. The lowest BCUT2D eigenvalue weighted by Gasteiger charge is -2.18. The van der Waals surface area contributed by atoms with E-state index in [0.29, 0.717) is 47.8 Å².